The Kier molecular flexibility index (Phi) is 5.50. The zero-order chi connectivity index (χ0) is 12.1. The first-order valence-corrected chi connectivity index (χ1v) is 6.58. The van der Waals surface area contributed by atoms with Crippen LogP contribution in [0.3, 0.4) is 0 Å². The summed E-state index contributed by atoms with van der Waals surface area (Å²) >= 11 is 0. The third-order valence-electron chi connectivity index (χ3n) is 3.12. The number of ether oxygens (including phenoxy) is 1. The minimum Gasteiger partial charge on any atom is -0.371 e. The number of nitrogens with one attached hydrogen (secondary N) is 1. The van der Waals surface area contributed by atoms with Crippen LogP contribution in [0.5, 0.6) is 0 Å². The van der Waals surface area contributed by atoms with Gasteiger partial charge in [-0.2, -0.15) is 0 Å². The Morgan fingerprint density at radius 2 is 2.00 bits per heavy atom. The van der Waals surface area contributed by atoms with Gasteiger partial charge in [-0.25, -0.2) is 0 Å². The van der Waals surface area contributed by atoms with Gasteiger partial charge in [-0.05, 0) is 25.7 Å². The lowest BCUT2D eigenvalue weighted by atomic mass is 10.00. The monoisotopic (exact) mass is 225 g/mol. The molecule has 2 nitrogen and oxygen atoms in total. The number of hydrogen-bond acceptors (Lipinski definition) is 2. The zero-order valence-electron chi connectivity index (χ0n) is 11.4. The molecule has 0 aliphatic carbocycles. The molecule has 0 saturated carbocycles. The Hall–Kier alpha value is -0.340. The van der Waals surface area contributed by atoms with Crippen molar-refractivity contribution in [3.8, 4) is 0 Å². The number of hydrogen-bond donors (Lipinski definition) is 1. The summed E-state index contributed by atoms with van der Waals surface area (Å²) < 4.78 is 5.84. The molecule has 0 amide bonds. The molecule has 0 aromatic carbocycles. The van der Waals surface area contributed by atoms with Crippen LogP contribution in [0.4, 0.5) is 0 Å². The van der Waals surface area contributed by atoms with E-state index >= 15 is 0 Å². The smallest absolute Gasteiger partial charge is 0.0763 e. The van der Waals surface area contributed by atoms with Gasteiger partial charge in [0.1, 0.15) is 0 Å². The molecule has 1 fully saturated rings. The summed E-state index contributed by atoms with van der Waals surface area (Å²) in [6.07, 6.45) is 5.50. The molecule has 2 atom stereocenters. The topological polar surface area (TPSA) is 21.3 Å². The van der Waals surface area contributed by atoms with Crippen molar-refractivity contribution in [2.24, 2.45) is 5.92 Å². The average Bonchev–Trinajstić information content (AvgIpc) is 2.57. The number of rotatable bonds is 5. The van der Waals surface area contributed by atoms with Crippen molar-refractivity contribution >= 4 is 0 Å². The summed E-state index contributed by atoms with van der Waals surface area (Å²) in [5, 5.41) is 3.49. The van der Waals surface area contributed by atoms with Crippen molar-refractivity contribution in [1.29, 1.82) is 0 Å². The van der Waals surface area contributed by atoms with Gasteiger partial charge in [0.15, 0.2) is 0 Å². The molecule has 1 aliphatic rings. The van der Waals surface area contributed by atoms with Gasteiger partial charge in [-0.1, -0.05) is 39.3 Å². The van der Waals surface area contributed by atoms with Gasteiger partial charge < -0.3 is 10.1 Å². The van der Waals surface area contributed by atoms with E-state index in [9.17, 15) is 0 Å². The van der Waals surface area contributed by atoms with Gasteiger partial charge in [0.25, 0.3) is 0 Å². The Balaban J connectivity index is 2.51. The molecule has 0 aromatic rings. The molecule has 1 aliphatic heterocycles. The van der Waals surface area contributed by atoms with E-state index in [-0.39, 0.29) is 0 Å². The third-order valence-corrected chi connectivity index (χ3v) is 3.12. The second-order valence-corrected chi connectivity index (χ2v) is 5.49. The van der Waals surface area contributed by atoms with Crippen LogP contribution in [-0.4, -0.2) is 24.8 Å². The molecule has 1 heterocycles. The Bertz CT molecular complexity index is 233. The highest BCUT2D eigenvalue weighted by molar-refractivity contribution is 5.11. The van der Waals surface area contributed by atoms with Crippen LogP contribution in [0.1, 0.15) is 47.5 Å². The van der Waals surface area contributed by atoms with Crippen LogP contribution in [0.15, 0.2) is 11.6 Å². The van der Waals surface area contributed by atoms with E-state index in [4.69, 9.17) is 4.74 Å². The SMILES string of the molecule is CC(C)NC/C(=C/C1CCC(C)O1)C(C)C. The van der Waals surface area contributed by atoms with E-state index < -0.39 is 0 Å². The fraction of sp³-hybridized carbons (Fsp3) is 0.857. The fourth-order valence-corrected chi connectivity index (χ4v) is 1.97. The maximum Gasteiger partial charge on any atom is 0.0763 e. The zero-order valence-corrected chi connectivity index (χ0v) is 11.4. The van der Waals surface area contributed by atoms with Crippen molar-refractivity contribution < 1.29 is 4.74 Å². The first-order valence-electron chi connectivity index (χ1n) is 6.58. The molecule has 0 radical (unpaired) electrons. The van der Waals surface area contributed by atoms with E-state index in [2.05, 4.69) is 46.0 Å². The predicted octanol–water partition coefficient (Wildman–Crippen LogP) is 3.13. The lowest BCUT2D eigenvalue weighted by Gasteiger charge is -2.17. The molecule has 0 spiro atoms. The highest BCUT2D eigenvalue weighted by Gasteiger charge is 2.20. The molecular weight excluding hydrogens is 198 g/mol. The fourth-order valence-electron chi connectivity index (χ4n) is 1.97. The normalized spacial score (nSPS) is 27.1. The molecule has 2 unspecified atom stereocenters. The summed E-state index contributed by atoms with van der Waals surface area (Å²) in [7, 11) is 0. The molecule has 94 valence electrons. The summed E-state index contributed by atoms with van der Waals surface area (Å²) in [5.74, 6) is 0.603. The maximum absolute atomic E-state index is 5.84. The van der Waals surface area contributed by atoms with Crippen LogP contribution in [0.2, 0.25) is 0 Å². The first kappa shape index (κ1) is 13.7. The Labute approximate surface area is 100 Å². The van der Waals surface area contributed by atoms with Gasteiger partial charge in [0.2, 0.25) is 0 Å². The highest BCUT2D eigenvalue weighted by atomic mass is 16.5. The van der Waals surface area contributed by atoms with Crippen LogP contribution in [0.25, 0.3) is 0 Å². The lowest BCUT2D eigenvalue weighted by Crippen LogP contribution is -2.27. The van der Waals surface area contributed by atoms with Crippen molar-refractivity contribution in [3.05, 3.63) is 11.6 Å². The largest absolute Gasteiger partial charge is 0.371 e. The molecule has 16 heavy (non-hydrogen) atoms. The van der Waals surface area contributed by atoms with E-state index in [1.807, 2.05) is 0 Å². The maximum atomic E-state index is 5.84. The predicted molar refractivity (Wildman–Crippen MR) is 69.6 cm³/mol. The van der Waals surface area contributed by atoms with Crippen LogP contribution in [-0.2, 0) is 4.74 Å². The minimum atomic E-state index is 0.348. The molecular formula is C14H27NO. The van der Waals surface area contributed by atoms with Crippen molar-refractivity contribution in [2.75, 3.05) is 6.54 Å². The third kappa shape index (κ3) is 4.67. The van der Waals surface area contributed by atoms with Crippen LogP contribution < -0.4 is 5.32 Å². The van der Waals surface area contributed by atoms with Gasteiger partial charge >= 0.3 is 0 Å². The van der Waals surface area contributed by atoms with Crippen molar-refractivity contribution in [1.82, 2.24) is 5.32 Å². The molecule has 1 saturated heterocycles. The van der Waals surface area contributed by atoms with Crippen LogP contribution in [0, 0.1) is 5.92 Å². The molecule has 0 bridgehead atoms. The lowest BCUT2D eigenvalue weighted by molar-refractivity contribution is 0.0825. The highest BCUT2D eigenvalue weighted by Crippen LogP contribution is 2.22. The second kappa shape index (κ2) is 6.41. The minimum absolute atomic E-state index is 0.348. The van der Waals surface area contributed by atoms with E-state index in [0.29, 0.717) is 24.2 Å². The second-order valence-electron chi connectivity index (χ2n) is 5.49. The molecule has 2 heteroatoms. The van der Waals surface area contributed by atoms with Gasteiger partial charge in [-0.3, -0.25) is 0 Å². The Morgan fingerprint density at radius 1 is 1.31 bits per heavy atom. The van der Waals surface area contributed by atoms with Gasteiger partial charge in [0.05, 0.1) is 12.2 Å². The van der Waals surface area contributed by atoms with Crippen LogP contribution >= 0.6 is 0 Å². The van der Waals surface area contributed by atoms with Gasteiger partial charge in [0, 0.05) is 12.6 Å². The Morgan fingerprint density at radius 3 is 2.44 bits per heavy atom. The summed E-state index contributed by atoms with van der Waals surface area (Å²) in [6, 6.07) is 0.547. The molecule has 1 rings (SSSR count). The van der Waals surface area contributed by atoms with E-state index in [1.54, 1.807) is 0 Å². The van der Waals surface area contributed by atoms with Crippen molar-refractivity contribution in [2.45, 2.75) is 65.7 Å². The molecule has 1 N–H and O–H groups in total. The summed E-state index contributed by atoms with van der Waals surface area (Å²) in [4.78, 5) is 0. The average molecular weight is 225 g/mol. The molecule has 0 aromatic heterocycles. The summed E-state index contributed by atoms with van der Waals surface area (Å²) in [6.45, 7) is 12.0. The van der Waals surface area contributed by atoms with Gasteiger partial charge in [-0.15, -0.1) is 0 Å². The van der Waals surface area contributed by atoms with E-state index in [0.717, 1.165) is 6.54 Å². The first-order chi connectivity index (χ1) is 7.49. The van der Waals surface area contributed by atoms with E-state index in [1.165, 1.54) is 18.4 Å². The quantitative estimate of drug-likeness (QED) is 0.726. The summed E-state index contributed by atoms with van der Waals surface area (Å²) in [5.41, 5.74) is 1.48. The van der Waals surface area contributed by atoms with Crippen molar-refractivity contribution in [3.63, 3.8) is 0 Å². The standard InChI is InChI=1S/C14H27NO/c1-10(2)13(9-15-11(3)4)8-14-7-6-12(5)16-14/h8,10-12,14-15H,6-7,9H2,1-5H3/b13-8-.